The minimum atomic E-state index is -3.11. The van der Waals surface area contributed by atoms with Gasteiger partial charge in [0.25, 0.3) is 0 Å². The van der Waals surface area contributed by atoms with Gasteiger partial charge in [0.05, 0.1) is 0 Å². The Morgan fingerprint density at radius 1 is 0.387 bits per heavy atom. The molecule has 2 rings (SSSR count). The highest BCUT2D eigenvalue weighted by Crippen LogP contribution is 2.56. The molecule has 0 bridgehead atoms. The molecule has 0 saturated heterocycles. The number of hydrogen-bond donors (Lipinski definition) is 0. The second-order valence-corrected chi connectivity index (χ2v) is 32.3. The Kier molecular flexibility index (Phi) is 30.9. The predicted molar refractivity (Wildman–Crippen MR) is 268 cm³/mol. The fourth-order valence-corrected chi connectivity index (χ4v) is 25.5. The van der Waals surface area contributed by atoms with E-state index in [1.807, 2.05) is 82.8 Å². The van der Waals surface area contributed by atoms with E-state index in [2.05, 4.69) is 60.7 Å². The average Bonchev–Trinajstić information content (AvgIpc) is 3.30. The van der Waals surface area contributed by atoms with Crippen LogP contribution >= 0.6 is 41.2 Å². The Balaban J connectivity index is 2.39. The van der Waals surface area contributed by atoms with Crippen LogP contribution in [0.3, 0.4) is 0 Å². The van der Waals surface area contributed by atoms with E-state index in [0.717, 1.165) is 38.5 Å². The van der Waals surface area contributed by atoms with Crippen molar-refractivity contribution in [3.05, 3.63) is 71.8 Å². The van der Waals surface area contributed by atoms with Crippen LogP contribution in [0, 0.1) is 0 Å². The van der Waals surface area contributed by atoms with Crippen molar-refractivity contribution in [3.63, 3.8) is 0 Å². The summed E-state index contributed by atoms with van der Waals surface area (Å²) in [6.45, 7) is 15.1. The molecule has 4 atom stereocenters. The first-order chi connectivity index (χ1) is 30.1. The molecule has 0 fully saturated rings. The predicted octanol–water partition coefficient (Wildman–Crippen LogP) is 12.1. The third-order valence-corrected chi connectivity index (χ3v) is 30.7. The number of benzene rings is 2. The van der Waals surface area contributed by atoms with Crippen LogP contribution in [0.15, 0.2) is 60.7 Å². The average molecular weight is 1020 g/mol. The Hall–Kier alpha value is 0.228. The quantitative estimate of drug-likeness (QED) is 0.0359. The second kappa shape index (κ2) is 32.8. The number of rotatable bonds is 39. The maximum atomic E-state index is 6.52. The molecule has 20 heteroatoms. The highest BCUT2D eigenvalue weighted by Gasteiger charge is 2.52. The zero-order valence-electron chi connectivity index (χ0n) is 39.5. The Morgan fingerprint density at radius 2 is 0.661 bits per heavy atom. The molecule has 0 aromatic heterocycles. The molecule has 0 saturated carbocycles. The van der Waals surface area contributed by atoms with Gasteiger partial charge in [0.1, 0.15) is 0 Å². The van der Waals surface area contributed by atoms with E-state index < -0.39 is 35.2 Å². The molecule has 4 unspecified atom stereocenters. The van der Waals surface area contributed by atoms with E-state index in [1.54, 1.807) is 42.7 Å². The molecule has 0 N–H and O–H groups in total. The molecule has 0 aliphatic heterocycles. The van der Waals surface area contributed by atoms with E-state index in [9.17, 15) is 0 Å². The summed E-state index contributed by atoms with van der Waals surface area (Å²) in [7, 11) is 5.53. The third kappa shape index (κ3) is 18.4. The van der Waals surface area contributed by atoms with Gasteiger partial charge in [-0.25, -0.2) is 0 Å². The highest BCUT2D eigenvalue weighted by atomic mass is 33.7. The van der Waals surface area contributed by atoms with Gasteiger partial charge in [-0.2, -0.15) is 0 Å². The summed E-state index contributed by atoms with van der Waals surface area (Å²) in [5.74, 6) is 0. The van der Waals surface area contributed by atoms with Gasteiger partial charge < -0.3 is 53.1 Å². The lowest BCUT2D eigenvalue weighted by atomic mass is 10.1. The van der Waals surface area contributed by atoms with Gasteiger partial charge in [0.15, 0.2) is 0 Å². The molecule has 2 aromatic carbocycles. The van der Waals surface area contributed by atoms with Crippen LogP contribution < -0.4 is 0 Å². The first-order valence-electron chi connectivity index (χ1n) is 22.0. The third-order valence-electron chi connectivity index (χ3n) is 10.8. The Bertz CT molecular complexity index is 1240. The lowest BCUT2D eigenvalue weighted by Gasteiger charge is -2.37. The minimum Gasteiger partial charge on any atom is -0.377 e. The smallest absolute Gasteiger partial charge is 0.377 e. The second-order valence-electron chi connectivity index (χ2n) is 14.1. The standard InChI is InChI=1S/C42H78O12S4Si4/c1-13-49-61(50-14-2,51-15-3)39(33-35-59(43-7,44-8)45-9)29-31-41(37-25-21-19-22-26-37)55-57-58-56-42(38-27-23-20-24-28-38)32-30-40(34-36-60(46-10,47-11)48-12)62(52-16-4,53-17-5)54-18-6/h19-28,39-42H,13-18,29-36H2,1-12H3. The summed E-state index contributed by atoms with van der Waals surface area (Å²) in [4.78, 5) is 0. The van der Waals surface area contributed by atoms with E-state index in [4.69, 9.17) is 53.1 Å². The van der Waals surface area contributed by atoms with Gasteiger partial charge in [-0.15, -0.1) is 0 Å². The van der Waals surface area contributed by atoms with Gasteiger partial charge in [0.2, 0.25) is 0 Å². The van der Waals surface area contributed by atoms with Crippen LogP contribution in [0.5, 0.6) is 0 Å². The molecular weight excluding hydrogens is 937 g/mol. The van der Waals surface area contributed by atoms with Crippen LogP contribution in [0.4, 0.5) is 0 Å². The lowest BCUT2D eigenvalue weighted by molar-refractivity contribution is 0.0568. The van der Waals surface area contributed by atoms with Crippen LogP contribution in [0.25, 0.3) is 0 Å². The summed E-state index contributed by atoms with van der Waals surface area (Å²) in [5.41, 5.74) is 2.62. The topological polar surface area (TPSA) is 111 Å². The van der Waals surface area contributed by atoms with Crippen LogP contribution in [-0.4, -0.2) is 118 Å². The maximum Gasteiger partial charge on any atom is 0.504 e. The van der Waals surface area contributed by atoms with Crippen molar-refractivity contribution in [2.45, 2.75) is 114 Å². The van der Waals surface area contributed by atoms with Gasteiger partial charge in [-0.1, -0.05) is 82.3 Å². The molecule has 0 aliphatic carbocycles. The van der Waals surface area contributed by atoms with Crippen LogP contribution in [-0.2, 0) is 53.1 Å². The summed E-state index contributed by atoms with van der Waals surface area (Å²) in [6, 6.07) is 22.8. The monoisotopic (exact) mass is 1010 g/mol. The lowest BCUT2D eigenvalue weighted by Crippen LogP contribution is -2.51. The van der Waals surface area contributed by atoms with E-state index >= 15 is 0 Å². The van der Waals surface area contributed by atoms with Crippen molar-refractivity contribution in [2.24, 2.45) is 0 Å². The summed E-state index contributed by atoms with van der Waals surface area (Å²) in [5, 5.41) is 0.424. The summed E-state index contributed by atoms with van der Waals surface area (Å²) < 4.78 is 74.3. The molecule has 0 amide bonds. The highest BCUT2D eigenvalue weighted by molar-refractivity contribution is 9.26. The SMILES string of the molecule is CCO[Si](OCC)(OCC)C(CCC(SSSSC(CCC(CC[Si](OC)(OC)OC)[Si](OCC)(OCC)OCC)c1ccccc1)c1ccccc1)CC[Si](OC)(OC)OC. The minimum absolute atomic E-state index is 0.0224. The van der Waals surface area contributed by atoms with Crippen molar-refractivity contribution >= 4 is 76.5 Å². The van der Waals surface area contributed by atoms with Crippen molar-refractivity contribution in [1.82, 2.24) is 0 Å². The molecule has 0 heterocycles. The van der Waals surface area contributed by atoms with E-state index in [1.165, 1.54) is 11.1 Å². The van der Waals surface area contributed by atoms with E-state index in [-0.39, 0.29) is 21.6 Å². The fraction of sp³-hybridized carbons (Fsp3) is 0.714. The maximum absolute atomic E-state index is 6.52. The zero-order valence-corrected chi connectivity index (χ0v) is 46.8. The van der Waals surface area contributed by atoms with Crippen molar-refractivity contribution < 1.29 is 53.1 Å². The van der Waals surface area contributed by atoms with E-state index in [0.29, 0.717) is 51.7 Å². The van der Waals surface area contributed by atoms with Gasteiger partial charge >= 0.3 is 35.2 Å². The van der Waals surface area contributed by atoms with Gasteiger partial charge in [-0.3, -0.25) is 0 Å². The first kappa shape index (κ1) is 58.4. The van der Waals surface area contributed by atoms with Crippen molar-refractivity contribution in [3.8, 4) is 0 Å². The zero-order chi connectivity index (χ0) is 45.7. The molecule has 12 nitrogen and oxygen atoms in total. The molecule has 2 aromatic rings. The van der Waals surface area contributed by atoms with Crippen molar-refractivity contribution in [1.29, 1.82) is 0 Å². The Labute approximate surface area is 394 Å². The fourth-order valence-electron chi connectivity index (χ4n) is 7.68. The van der Waals surface area contributed by atoms with Crippen LogP contribution in [0.1, 0.15) is 102 Å². The van der Waals surface area contributed by atoms with Crippen molar-refractivity contribution in [2.75, 3.05) is 82.3 Å². The molecule has 0 aliphatic rings. The molecule has 62 heavy (non-hydrogen) atoms. The number of hydrogen-bond acceptors (Lipinski definition) is 16. The molecule has 0 radical (unpaired) electrons. The summed E-state index contributed by atoms with van der Waals surface area (Å²) in [6.07, 6.45) is 4.97. The molecule has 0 spiro atoms. The van der Waals surface area contributed by atoms with Crippen LogP contribution in [0.2, 0.25) is 23.2 Å². The molecule has 358 valence electrons. The summed E-state index contributed by atoms with van der Waals surface area (Å²) >= 11 is 0. The van der Waals surface area contributed by atoms with Gasteiger partial charge in [0, 0.05) is 116 Å². The largest absolute Gasteiger partial charge is 0.504 e. The molecular formula is C42H78O12S4Si4. The first-order valence-corrected chi connectivity index (χ1v) is 34.4. The normalized spacial score (nSPS) is 14.8. The Morgan fingerprint density at radius 3 is 0.903 bits per heavy atom. The van der Waals surface area contributed by atoms with Gasteiger partial charge in [-0.05, 0) is 111 Å².